The number of carbonyl (C=O) groups excluding carboxylic acids is 3. The molecule has 0 aromatic heterocycles. The van der Waals surface area contributed by atoms with Crippen molar-refractivity contribution in [1.82, 2.24) is 10.2 Å². The van der Waals surface area contributed by atoms with Gasteiger partial charge in [-0.3, -0.25) is 9.59 Å². The van der Waals surface area contributed by atoms with Gasteiger partial charge >= 0.3 is 5.97 Å². The van der Waals surface area contributed by atoms with E-state index in [1.54, 1.807) is 24.4 Å². The van der Waals surface area contributed by atoms with Gasteiger partial charge in [0.05, 0.1) is 12.1 Å². The summed E-state index contributed by atoms with van der Waals surface area (Å²) in [4.78, 5) is 40.7. The summed E-state index contributed by atoms with van der Waals surface area (Å²) in [5, 5.41) is 2.74. The van der Waals surface area contributed by atoms with Gasteiger partial charge in [0, 0.05) is 26.8 Å². The number of hydrogen-bond acceptors (Lipinski definition) is 6. The number of rotatable bonds is 22. The van der Waals surface area contributed by atoms with Crippen LogP contribution in [0.3, 0.4) is 0 Å². The van der Waals surface area contributed by atoms with Crippen molar-refractivity contribution in [2.24, 2.45) is 5.92 Å². The number of nitrogens with one attached hydrogen (secondary N) is 1. The highest BCUT2D eigenvalue weighted by Crippen LogP contribution is 2.26. The normalized spacial score (nSPS) is 15.7. The molecule has 0 radical (unpaired) electrons. The van der Waals surface area contributed by atoms with Gasteiger partial charge in [0.25, 0.3) is 5.91 Å². The van der Waals surface area contributed by atoms with Gasteiger partial charge in [0.2, 0.25) is 5.91 Å². The number of para-hydroxylation sites is 1. The molecule has 1 N–H and O–H groups in total. The lowest BCUT2D eigenvalue weighted by Gasteiger charge is -2.26. The highest BCUT2D eigenvalue weighted by molar-refractivity contribution is 6.76. The molecule has 0 aliphatic carbocycles. The quantitative estimate of drug-likeness (QED) is 0.0469. The lowest BCUT2D eigenvalue weighted by molar-refractivity contribution is -0.154. The lowest BCUT2D eigenvalue weighted by atomic mass is 9.99. The Labute approximate surface area is 272 Å². The molecule has 1 aliphatic rings. The van der Waals surface area contributed by atoms with Crippen LogP contribution in [0.25, 0.3) is 0 Å². The van der Waals surface area contributed by atoms with E-state index in [1.807, 2.05) is 19.1 Å². The van der Waals surface area contributed by atoms with Crippen LogP contribution in [0.15, 0.2) is 36.5 Å². The van der Waals surface area contributed by atoms with E-state index in [-0.39, 0.29) is 43.1 Å². The topological polar surface area (TPSA) is 94.2 Å². The summed E-state index contributed by atoms with van der Waals surface area (Å²) < 4.78 is 17.6. The van der Waals surface area contributed by atoms with Crippen LogP contribution in [0.1, 0.15) is 94.8 Å². The molecule has 0 saturated heterocycles. The van der Waals surface area contributed by atoms with E-state index in [4.69, 9.17) is 20.6 Å². The molecule has 250 valence electrons. The molecule has 1 aromatic rings. The molecule has 1 aliphatic heterocycles. The van der Waals surface area contributed by atoms with Gasteiger partial charge in [-0.2, -0.15) is 0 Å². The Kier molecular flexibility index (Phi) is 17.6. The average Bonchev–Trinajstić information content (AvgIpc) is 3.51. The second-order valence-electron chi connectivity index (χ2n) is 13.2. The van der Waals surface area contributed by atoms with E-state index in [0.717, 1.165) is 70.3 Å². The first-order valence-corrected chi connectivity index (χ1v) is 20.5. The number of nitrogens with zero attached hydrogens (tertiary/aromatic N) is 1. The highest BCUT2D eigenvalue weighted by Gasteiger charge is 2.35. The molecule has 2 amide bonds. The number of unbranched alkanes of at least 4 members (excludes halogenated alkanes) is 5. The third kappa shape index (κ3) is 14.7. The Morgan fingerprint density at radius 2 is 1.73 bits per heavy atom. The molecular formula is C36H56N2O6Si. The van der Waals surface area contributed by atoms with Crippen LogP contribution in [-0.4, -0.2) is 62.8 Å². The number of ether oxygens (including phenoxy) is 3. The summed E-state index contributed by atoms with van der Waals surface area (Å²) >= 11 is 0. The minimum Gasteiger partial charge on any atom is -0.467 e. The fourth-order valence-electron chi connectivity index (χ4n) is 5.14. The molecule has 0 bridgehead atoms. The summed E-state index contributed by atoms with van der Waals surface area (Å²) in [6.07, 6.45) is 18.5. The number of benzene rings is 1. The van der Waals surface area contributed by atoms with Crippen molar-refractivity contribution in [2.75, 3.05) is 19.9 Å². The van der Waals surface area contributed by atoms with E-state index in [2.05, 4.69) is 37.8 Å². The van der Waals surface area contributed by atoms with Crippen LogP contribution in [0.4, 0.5) is 0 Å². The molecule has 1 heterocycles. The maximum atomic E-state index is 13.7. The average molecular weight is 641 g/mol. The van der Waals surface area contributed by atoms with Gasteiger partial charge in [-0.25, -0.2) is 4.79 Å². The van der Waals surface area contributed by atoms with Crippen LogP contribution >= 0.6 is 0 Å². The van der Waals surface area contributed by atoms with Gasteiger partial charge in [0.15, 0.2) is 6.79 Å². The summed E-state index contributed by atoms with van der Waals surface area (Å²) in [6, 6.07) is 7.39. The first-order valence-electron chi connectivity index (χ1n) is 16.8. The fourth-order valence-corrected chi connectivity index (χ4v) is 5.89. The maximum absolute atomic E-state index is 13.7. The second-order valence-corrected chi connectivity index (χ2v) is 18.8. The molecule has 8 nitrogen and oxygen atoms in total. The van der Waals surface area contributed by atoms with Crippen LogP contribution < -0.4 is 10.1 Å². The molecule has 0 spiro atoms. The van der Waals surface area contributed by atoms with E-state index in [0.29, 0.717) is 24.3 Å². The Balaban J connectivity index is 1.95. The molecule has 0 fully saturated rings. The van der Waals surface area contributed by atoms with Gasteiger partial charge < -0.3 is 24.4 Å². The molecule has 1 aromatic carbocycles. The van der Waals surface area contributed by atoms with Crippen molar-refractivity contribution in [1.29, 1.82) is 0 Å². The Bertz CT molecular complexity index is 1130. The zero-order valence-corrected chi connectivity index (χ0v) is 29.3. The van der Waals surface area contributed by atoms with E-state index in [1.165, 1.54) is 4.90 Å². The number of esters is 1. The minimum atomic E-state index is -1.21. The Morgan fingerprint density at radius 1 is 1.04 bits per heavy atom. The SMILES string of the molecule is C#CCNC(=O)[C@H](C)CCCCC[C@@H](CCCCCC)OC(=O)[C@@H]1CC=CN1C(=O)c1ccccc1OCOCC[Si](C)(C)C. The predicted molar refractivity (Wildman–Crippen MR) is 182 cm³/mol. The van der Waals surface area contributed by atoms with Crippen molar-refractivity contribution in [3.8, 4) is 18.1 Å². The van der Waals surface area contributed by atoms with Crippen molar-refractivity contribution in [3.05, 3.63) is 42.1 Å². The van der Waals surface area contributed by atoms with Crippen LogP contribution in [-0.2, 0) is 19.1 Å². The molecule has 0 unspecified atom stereocenters. The van der Waals surface area contributed by atoms with E-state index < -0.39 is 14.1 Å². The molecule has 45 heavy (non-hydrogen) atoms. The van der Waals surface area contributed by atoms with Crippen molar-refractivity contribution in [2.45, 2.75) is 122 Å². The first-order chi connectivity index (χ1) is 21.6. The third-order valence-electron chi connectivity index (χ3n) is 8.02. The summed E-state index contributed by atoms with van der Waals surface area (Å²) in [6.45, 7) is 11.9. The number of carbonyl (C=O) groups is 3. The highest BCUT2D eigenvalue weighted by atomic mass is 28.3. The standard InChI is InChI=1S/C36H56N2O6Si/c1-7-9-10-13-19-30(20-14-11-12-18-29(3)34(39)37-24-8-2)44-36(41)32-22-17-25-38(32)35(40)31-21-15-16-23-33(31)43-28-42-26-27-45(4,5)6/h2,15-17,21,23,25,29-30,32H,7,9-14,18-20,22,24,26-28H2,1,3-6H3,(H,37,39)/t29-,30-,32+/m1/s1. The van der Waals surface area contributed by atoms with E-state index in [9.17, 15) is 14.4 Å². The van der Waals surface area contributed by atoms with Crippen molar-refractivity contribution < 1.29 is 28.6 Å². The number of terminal acetylenes is 1. The van der Waals surface area contributed by atoms with Gasteiger partial charge in [-0.05, 0) is 56.7 Å². The van der Waals surface area contributed by atoms with Gasteiger partial charge in [0.1, 0.15) is 17.9 Å². The first kappa shape index (κ1) is 38.1. The zero-order chi connectivity index (χ0) is 33.1. The molecule has 2 rings (SSSR count). The largest absolute Gasteiger partial charge is 0.467 e. The van der Waals surface area contributed by atoms with Gasteiger partial charge in [-0.1, -0.05) is 89.7 Å². The van der Waals surface area contributed by atoms with Crippen molar-refractivity contribution in [3.63, 3.8) is 0 Å². The zero-order valence-electron chi connectivity index (χ0n) is 28.3. The summed E-state index contributed by atoms with van der Waals surface area (Å²) in [5.74, 6) is 2.08. The van der Waals surface area contributed by atoms with Crippen LogP contribution in [0, 0.1) is 18.3 Å². The Morgan fingerprint density at radius 3 is 2.42 bits per heavy atom. The second kappa shape index (κ2) is 20.8. The van der Waals surface area contributed by atoms with Gasteiger partial charge in [-0.15, -0.1) is 6.42 Å². The molecular weight excluding hydrogens is 584 g/mol. The smallest absolute Gasteiger partial charge is 0.329 e. The monoisotopic (exact) mass is 640 g/mol. The maximum Gasteiger partial charge on any atom is 0.329 e. The summed E-state index contributed by atoms with van der Waals surface area (Å²) in [7, 11) is -1.21. The number of amides is 2. The number of hydrogen-bond donors (Lipinski definition) is 1. The summed E-state index contributed by atoms with van der Waals surface area (Å²) in [5.41, 5.74) is 0.383. The third-order valence-corrected chi connectivity index (χ3v) is 9.72. The molecule has 3 atom stereocenters. The van der Waals surface area contributed by atoms with E-state index >= 15 is 0 Å². The predicted octanol–water partition coefficient (Wildman–Crippen LogP) is 7.32. The molecule has 9 heteroatoms. The minimum absolute atomic E-state index is 0.0140. The Hall–Kier alpha value is -3.09. The fraction of sp³-hybridized carbons (Fsp3) is 0.639. The molecule has 0 saturated carbocycles. The van der Waals surface area contributed by atoms with Crippen LogP contribution in [0.5, 0.6) is 5.75 Å². The lowest BCUT2D eigenvalue weighted by Crippen LogP contribution is -2.41. The van der Waals surface area contributed by atoms with Crippen molar-refractivity contribution >= 4 is 25.9 Å². The van der Waals surface area contributed by atoms with Crippen LogP contribution in [0.2, 0.25) is 25.7 Å².